The topological polar surface area (TPSA) is 126 Å². The van der Waals surface area contributed by atoms with Crippen molar-refractivity contribution < 1.29 is 41.0 Å². The van der Waals surface area contributed by atoms with Crippen LogP contribution in [-0.2, 0) is 19.4 Å². The third-order valence-corrected chi connectivity index (χ3v) is 6.57. The summed E-state index contributed by atoms with van der Waals surface area (Å²) in [6.07, 6.45) is -0.463. The fourth-order valence-electron chi connectivity index (χ4n) is 3.45. The molecule has 9 nitrogen and oxygen atoms in total. The number of aliphatic carboxylic acids is 1. The zero-order valence-corrected chi connectivity index (χ0v) is 22.4. The molecule has 1 aromatic heterocycles. The molecule has 38 heavy (non-hydrogen) atoms. The van der Waals surface area contributed by atoms with Crippen LogP contribution >= 0.6 is 0 Å². The van der Waals surface area contributed by atoms with Crippen molar-refractivity contribution in [3.63, 3.8) is 0 Å². The van der Waals surface area contributed by atoms with E-state index in [1.54, 1.807) is 35.4 Å². The lowest BCUT2D eigenvalue weighted by molar-refractivity contribution is -0.192. The predicted molar refractivity (Wildman–Crippen MR) is 135 cm³/mol. The summed E-state index contributed by atoms with van der Waals surface area (Å²) in [5.41, 5.74) is 2.13. The molecule has 1 saturated heterocycles. The van der Waals surface area contributed by atoms with E-state index in [1.165, 1.54) is 6.26 Å². The molecule has 0 atom stereocenters. The number of hydrogen-bond acceptors (Lipinski definition) is 7. The maximum atomic E-state index is 12.2. The zero-order chi connectivity index (χ0) is 28.7. The molecular weight excluding hydrogens is 527 g/mol. The molecule has 2 aromatic rings. The first-order chi connectivity index (χ1) is 17.5. The van der Waals surface area contributed by atoms with Gasteiger partial charge in [0.15, 0.2) is 9.84 Å². The lowest BCUT2D eigenvalue weighted by Gasteiger charge is -2.33. The van der Waals surface area contributed by atoms with Crippen molar-refractivity contribution in [1.82, 2.24) is 9.88 Å². The maximum absolute atomic E-state index is 12.2. The van der Waals surface area contributed by atoms with Crippen LogP contribution in [0.15, 0.2) is 47.5 Å². The first kappa shape index (κ1) is 30.9. The number of benzene rings is 1. The number of halogens is 3. The Morgan fingerprint density at radius 3 is 2.05 bits per heavy atom. The minimum Gasteiger partial charge on any atom is -0.475 e. The van der Waals surface area contributed by atoms with Crippen molar-refractivity contribution in [2.75, 3.05) is 31.2 Å². The number of likely N-dealkylation sites (tertiary alicyclic amines) is 1. The molecule has 2 N–H and O–H groups in total. The highest BCUT2D eigenvalue weighted by molar-refractivity contribution is 7.90. The van der Waals surface area contributed by atoms with Gasteiger partial charge < -0.3 is 20.1 Å². The van der Waals surface area contributed by atoms with Crippen LogP contribution in [-0.4, -0.2) is 73.1 Å². The number of alkyl halides is 3. The van der Waals surface area contributed by atoms with Crippen LogP contribution in [0.5, 0.6) is 0 Å². The third kappa shape index (κ3) is 10.2. The van der Waals surface area contributed by atoms with E-state index >= 15 is 0 Å². The molecule has 0 spiro atoms. The van der Waals surface area contributed by atoms with Crippen molar-refractivity contribution in [3.8, 4) is 11.3 Å². The summed E-state index contributed by atoms with van der Waals surface area (Å²) in [6, 6.07) is 10.6. The monoisotopic (exact) mass is 559 g/mol. The van der Waals surface area contributed by atoms with Crippen LogP contribution < -0.4 is 5.32 Å². The number of carbonyl (C=O) groups is 2. The highest BCUT2D eigenvalue weighted by atomic mass is 32.2. The Hall–Kier alpha value is -3.35. The van der Waals surface area contributed by atoms with E-state index < -0.39 is 27.6 Å². The van der Waals surface area contributed by atoms with E-state index in [0.717, 1.165) is 36.3 Å². The number of pyridine rings is 1. The van der Waals surface area contributed by atoms with Gasteiger partial charge in [-0.1, -0.05) is 12.1 Å². The minimum atomic E-state index is -5.08. The van der Waals surface area contributed by atoms with Gasteiger partial charge in [0.25, 0.3) is 0 Å². The third-order valence-electron chi connectivity index (χ3n) is 5.45. The second-order valence-electron chi connectivity index (χ2n) is 9.82. The largest absolute Gasteiger partial charge is 0.490 e. The summed E-state index contributed by atoms with van der Waals surface area (Å²) in [7, 11) is -3.20. The molecule has 0 saturated carbocycles. The molecule has 1 aromatic carbocycles. The Labute approximate surface area is 219 Å². The molecule has 0 unspecified atom stereocenters. The normalized spacial score (nSPS) is 14.8. The molecule has 0 radical (unpaired) electrons. The molecule has 1 aliphatic rings. The molecule has 0 aliphatic carbocycles. The number of aromatic nitrogens is 1. The number of carboxylic acids is 1. The molecule has 1 aliphatic heterocycles. The van der Waals surface area contributed by atoms with Crippen molar-refractivity contribution in [2.45, 2.75) is 50.3 Å². The Bertz CT molecular complexity index is 1190. The Kier molecular flexibility index (Phi) is 10.1. The number of amides is 1. The maximum Gasteiger partial charge on any atom is 0.490 e. The van der Waals surface area contributed by atoms with Gasteiger partial charge in [-0.25, -0.2) is 18.0 Å². The zero-order valence-electron chi connectivity index (χ0n) is 21.6. The number of carboxylic acid groups (broad SMARTS) is 1. The van der Waals surface area contributed by atoms with Crippen molar-refractivity contribution in [3.05, 3.63) is 42.6 Å². The number of carbonyl (C=O) groups excluding carboxylic acids is 1. The quantitative estimate of drug-likeness (QED) is 0.533. The Balaban J connectivity index is 0.000000638. The summed E-state index contributed by atoms with van der Waals surface area (Å²) < 4.78 is 60.4. The van der Waals surface area contributed by atoms with Crippen LogP contribution in [0.2, 0.25) is 0 Å². The molecule has 3 rings (SSSR count). The standard InChI is InChI=1S/C23H31N3O4S.C2HF3O2/c1-23(2,3)30-22(27)26-13-11-17(12-14-26)15-24-19-7-10-21(25-16-19)18-5-8-20(9-6-18)31(4,28)29;3-2(4,5)1(6)7/h5-10,16-17,24H,11-15H2,1-4H3;(H,6,7). The Morgan fingerprint density at radius 2 is 1.63 bits per heavy atom. The van der Waals surface area contributed by atoms with Crippen molar-refractivity contribution >= 4 is 27.6 Å². The molecule has 13 heteroatoms. The van der Waals surface area contributed by atoms with E-state index in [9.17, 15) is 26.4 Å². The van der Waals surface area contributed by atoms with E-state index in [-0.39, 0.29) is 6.09 Å². The van der Waals surface area contributed by atoms with Crippen LogP contribution in [0.4, 0.5) is 23.7 Å². The van der Waals surface area contributed by atoms with Gasteiger partial charge in [-0.05, 0) is 63.8 Å². The smallest absolute Gasteiger partial charge is 0.475 e. The molecule has 1 fully saturated rings. The van der Waals surface area contributed by atoms with E-state index in [4.69, 9.17) is 14.6 Å². The van der Waals surface area contributed by atoms with Gasteiger partial charge in [-0.3, -0.25) is 4.98 Å². The van der Waals surface area contributed by atoms with E-state index in [1.807, 2.05) is 32.9 Å². The predicted octanol–water partition coefficient (Wildman–Crippen LogP) is 4.84. The van der Waals surface area contributed by atoms with Crippen LogP contribution in [0.25, 0.3) is 11.3 Å². The Morgan fingerprint density at radius 1 is 1.08 bits per heavy atom. The summed E-state index contributed by atoms with van der Waals surface area (Å²) in [4.78, 5) is 27.6. The average Bonchev–Trinajstić information content (AvgIpc) is 2.82. The van der Waals surface area contributed by atoms with Gasteiger partial charge in [-0.2, -0.15) is 13.2 Å². The van der Waals surface area contributed by atoms with Crippen molar-refractivity contribution in [1.29, 1.82) is 0 Å². The van der Waals surface area contributed by atoms with E-state index in [0.29, 0.717) is 23.9 Å². The number of piperidine rings is 1. The highest BCUT2D eigenvalue weighted by Crippen LogP contribution is 2.23. The number of nitrogens with one attached hydrogen (secondary N) is 1. The van der Waals surface area contributed by atoms with E-state index in [2.05, 4.69) is 10.3 Å². The summed E-state index contributed by atoms with van der Waals surface area (Å²) in [6.45, 7) is 7.89. The van der Waals surface area contributed by atoms with Crippen molar-refractivity contribution in [2.24, 2.45) is 5.92 Å². The van der Waals surface area contributed by atoms with Crippen LogP contribution in [0, 0.1) is 5.92 Å². The van der Waals surface area contributed by atoms with Gasteiger partial charge in [0.05, 0.1) is 22.5 Å². The van der Waals surface area contributed by atoms with Gasteiger partial charge >= 0.3 is 18.2 Å². The first-order valence-corrected chi connectivity index (χ1v) is 13.6. The summed E-state index contributed by atoms with van der Waals surface area (Å²) in [5, 5.41) is 10.6. The molecular formula is C25H32F3N3O6S. The van der Waals surface area contributed by atoms with Gasteiger partial charge in [0.2, 0.25) is 0 Å². The summed E-state index contributed by atoms with van der Waals surface area (Å²) in [5.74, 6) is -2.27. The van der Waals surface area contributed by atoms with Gasteiger partial charge in [0.1, 0.15) is 5.60 Å². The number of ether oxygens (including phenoxy) is 1. The summed E-state index contributed by atoms with van der Waals surface area (Å²) >= 11 is 0. The second kappa shape index (κ2) is 12.5. The fraction of sp³-hybridized carbons (Fsp3) is 0.480. The molecule has 1 amide bonds. The van der Waals surface area contributed by atoms with Crippen LogP contribution in [0.1, 0.15) is 33.6 Å². The SMILES string of the molecule is CC(C)(C)OC(=O)N1CCC(CNc2ccc(-c3ccc(S(C)(=O)=O)cc3)nc2)CC1.O=C(O)C(F)(F)F. The fourth-order valence-corrected chi connectivity index (χ4v) is 4.08. The lowest BCUT2D eigenvalue weighted by atomic mass is 9.97. The molecule has 2 heterocycles. The number of rotatable bonds is 5. The van der Waals surface area contributed by atoms with Gasteiger partial charge in [-0.15, -0.1) is 0 Å². The minimum absolute atomic E-state index is 0.233. The average molecular weight is 560 g/mol. The number of nitrogens with zero attached hydrogens (tertiary/aromatic N) is 2. The number of anilines is 1. The lowest BCUT2D eigenvalue weighted by Crippen LogP contribution is -2.42. The number of hydrogen-bond donors (Lipinski definition) is 2. The van der Waals surface area contributed by atoms with Crippen LogP contribution in [0.3, 0.4) is 0 Å². The molecule has 0 bridgehead atoms. The van der Waals surface area contributed by atoms with Gasteiger partial charge in [0, 0.05) is 31.5 Å². The first-order valence-electron chi connectivity index (χ1n) is 11.7. The second-order valence-corrected chi connectivity index (χ2v) is 11.8. The highest BCUT2D eigenvalue weighted by Gasteiger charge is 2.38. The molecule has 210 valence electrons. The number of sulfone groups is 1.